The molecule has 5 nitrogen and oxygen atoms in total. The second-order valence-electron chi connectivity index (χ2n) is 4.59. The minimum Gasteiger partial charge on any atom is -0.506 e. The molecule has 2 rings (SSSR count). The lowest BCUT2D eigenvalue weighted by Crippen LogP contribution is -1.97. The van der Waals surface area contributed by atoms with Crippen LogP contribution in [0.5, 0.6) is 11.5 Å². The van der Waals surface area contributed by atoms with Crippen molar-refractivity contribution in [2.45, 2.75) is 13.8 Å². The number of hydrogen-bond acceptors (Lipinski definition) is 5. The molecule has 2 aromatic carbocycles. The Bertz CT molecular complexity index is 537. The maximum atomic E-state index is 9.62. The number of phenols is 2. The van der Waals surface area contributed by atoms with Crippen LogP contribution in [-0.4, -0.2) is 10.2 Å². The van der Waals surface area contributed by atoms with E-state index in [1.54, 1.807) is 38.1 Å². The smallest absolute Gasteiger partial charge is 0.141 e. The largest absolute Gasteiger partial charge is 0.506 e. The van der Waals surface area contributed by atoms with Gasteiger partial charge in [-0.3, -0.25) is 0 Å². The third-order valence-electron chi connectivity index (χ3n) is 2.95. The van der Waals surface area contributed by atoms with Gasteiger partial charge in [-0.15, -0.1) is 0 Å². The van der Waals surface area contributed by atoms with E-state index in [4.69, 9.17) is 11.5 Å². The van der Waals surface area contributed by atoms with Crippen molar-refractivity contribution in [3.63, 3.8) is 0 Å². The summed E-state index contributed by atoms with van der Waals surface area (Å²) in [7, 11) is 0. The van der Waals surface area contributed by atoms with Gasteiger partial charge in [0.2, 0.25) is 0 Å². The first-order valence-corrected chi connectivity index (χ1v) is 5.83. The van der Waals surface area contributed by atoms with Gasteiger partial charge in [0.15, 0.2) is 0 Å². The van der Waals surface area contributed by atoms with E-state index in [9.17, 15) is 10.2 Å². The van der Waals surface area contributed by atoms with E-state index in [-0.39, 0.29) is 11.5 Å². The Morgan fingerprint density at radius 2 is 1.16 bits per heavy atom. The highest BCUT2D eigenvalue weighted by Crippen LogP contribution is 2.33. The maximum Gasteiger partial charge on any atom is 0.141 e. The summed E-state index contributed by atoms with van der Waals surface area (Å²) in [5.74, 6) is 0.180. The molecule has 2 aromatic rings. The van der Waals surface area contributed by atoms with E-state index in [0.29, 0.717) is 22.5 Å². The van der Waals surface area contributed by atoms with Gasteiger partial charge in [-0.2, -0.15) is 0 Å². The van der Waals surface area contributed by atoms with Crippen LogP contribution in [0.4, 0.5) is 22.7 Å². The normalized spacial score (nSPS) is 10.4. The molecule has 0 unspecified atom stereocenters. The Morgan fingerprint density at radius 1 is 0.789 bits per heavy atom. The number of benzene rings is 2. The Morgan fingerprint density at radius 3 is 1.47 bits per heavy atom. The van der Waals surface area contributed by atoms with Crippen molar-refractivity contribution in [2.24, 2.45) is 0 Å². The summed E-state index contributed by atoms with van der Waals surface area (Å²) in [5.41, 5.74) is 14.9. The lowest BCUT2D eigenvalue weighted by Gasteiger charge is -2.12. The Balaban J connectivity index is 2.36. The van der Waals surface area contributed by atoms with Crippen molar-refractivity contribution >= 4 is 22.7 Å². The molecule has 0 saturated heterocycles. The Labute approximate surface area is 111 Å². The predicted molar refractivity (Wildman–Crippen MR) is 77.8 cm³/mol. The summed E-state index contributed by atoms with van der Waals surface area (Å²) in [6, 6.07) is 6.84. The van der Waals surface area contributed by atoms with E-state index in [0.717, 1.165) is 11.4 Å². The van der Waals surface area contributed by atoms with E-state index in [1.807, 2.05) is 0 Å². The summed E-state index contributed by atoms with van der Waals surface area (Å²) in [4.78, 5) is 0. The van der Waals surface area contributed by atoms with Crippen LogP contribution in [0.2, 0.25) is 0 Å². The van der Waals surface area contributed by atoms with Crippen LogP contribution in [-0.2, 0) is 0 Å². The van der Waals surface area contributed by atoms with Gasteiger partial charge in [-0.05, 0) is 49.2 Å². The fourth-order valence-electron chi connectivity index (χ4n) is 1.92. The van der Waals surface area contributed by atoms with Crippen LogP contribution in [0.25, 0.3) is 0 Å². The molecule has 0 aliphatic heterocycles. The third-order valence-corrected chi connectivity index (χ3v) is 2.95. The quantitative estimate of drug-likeness (QED) is 0.324. The van der Waals surface area contributed by atoms with Gasteiger partial charge in [-0.1, -0.05) is 0 Å². The highest BCUT2D eigenvalue weighted by atomic mass is 16.3. The van der Waals surface area contributed by atoms with Gasteiger partial charge in [0.1, 0.15) is 11.5 Å². The zero-order valence-electron chi connectivity index (χ0n) is 10.9. The molecule has 0 aromatic heterocycles. The molecule has 7 N–H and O–H groups in total. The highest BCUT2D eigenvalue weighted by molar-refractivity contribution is 5.73. The molecule has 0 spiro atoms. The van der Waals surface area contributed by atoms with Crippen molar-refractivity contribution in [3.8, 4) is 11.5 Å². The number of nitrogens with one attached hydrogen (secondary N) is 1. The van der Waals surface area contributed by atoms with Crippen LogP contribution in [0.3, 0.4) is 0 Å². The number of hydrogen-bond donors (Lipinski definition) is 5. The van der Waals surface area contributed by atoms with Gasteiger partial charge in [-0.25, -0.2) is 0 Å². The second kappa shape index (κ2) is 4.61. The molecule has 0 saturated carbocycles. The molecule has 0 heterocycles. The zero-order chi connectivity index (χ0) is 14.2. The monoisotopic (exact) mass is 259 g/mol. The molecule has 100 valence electrons. The first-order valence-electron chi connectivity index (χ1n) is 5.83. The molecule has 0 amide bonds. The summed E-state index contributed by atoms with van der Waals surface area (Å²) in [5, 5.41) is 22.4. The number of aromatic hydroxyl groups is 2. The zero-order valence-corrected chi connectivity index (χ0v) is 10.9. The fourth-order valence-corrected chi connectivity index (χ4v) is 1.92. The Kier molecular flexibility index (Phi) is 3.12. The van der Waals surface area contributed by atoms with Gasteiger partial charge in [0, 0.05) is 11.4 Å². The van der Waals surface area contributed by atoms with Crippen molar-refractivity contribution in [1.29, 1.82) is 0 Å². The van der Waals surface area contributed by atoms with Gasteiger partial charge in [0.25, 0.3) is 0 Å². The van der Waals surface area contributed by atoms with E-state index in [1.165, 1.54) is 0 Å². The summed E-state index contributed by atoms with van der Waals surface area (Å²) >= 11 is 0. The lowest BCUT2D eigenvalue weighted by atomic mass is 10.1. The minimum atomic E-state index is 0.0898. The van der Waals surface area contributed by atoms with Crippen molar-refractivity contribution in [2.75, 3.05) is 16.8 Å². The predicted octanol–water partition coefficient (Wildman–Crippen LogP) is 2.62. The molecule has 0 fully saturated rings. The van der Waals surface area contributed by atoms with Crippen LogP contribution in [0.1, 0.15) is 11.1 Å². The second-order valence-corrected chi connectivity index (χ2v) is 4.59. The number of anilines is 4. The molecule has 0 aliphatic carbocycles. The summed E-state index contributed by atoms with van der Waals surface area (Å²) in [6.07, 6.45) is 0. The van der Waals surface area contributed by atoms with E-state index < -0.39 is 0 Å². The van der Waals surface area contributed by atoms with Crippen LogP contribution >= 0.6 is 0 Å². The van der Waals surface area contributed by atoms with E-state index >= 15 is 0 Å². The number of aryl methyl sites for hydroxylation is 2. The van der Waals surface area contributed by atoms with Gasteiger partial charge < -0.3 is 27.0 Å². The Hall–Kier alpha value is -2.56. The summed E-state index contributed by atoms with van der Waals surface area (Å²) < 4.78 is 0. The standard InChI is InChI=1S/C14H17N3O2/c1-7-3-9(5-11(15)13(7)18)17-10-4-8(2)14(19)12(16)6-10/h3-6,17-19H,15-16H2,1-2H3. The molecular weight excluding hydrogens is 242 g/mol. The number of nitrogens with two attached hydrogens (primary N) is 2. The van der Waals surface area contributed by atoms with Crippen LogP contribution < -0.4 is 16.8 Å². The van der Waals surface area contributed by atoms with Crippen molar-refractivity contribution in [1.82, 2.24) is 0 Å². The lowest BCUT2D eigenvalue weighted by molar-refractivity contribution is 0.473. The molecular formula is C14H17N3O2. The molecule has 0 radical (unpaired) electrons. The molecule has 0 atom stereocenters. The highest BCUT2D eigenvalue weighted by Gasteiger charge is 2.07. The maximum absolute atomic E-state index is 9.62. The fraction of sp³-hybridized carbons (Fsp3) is 0.143. The number of rotatable bonds is 2. The van der Waals surface area contributed by atoms with Crippen molar-refractivity contribution in [3.05, 3.63) is 35.4 Å². The van der Waals surface area contributed by atoms with Crippen molar-refractivity contribution < 1.29 is 10.2 Å². The number of phenolic OH excluding ortho intramolecular Hbond substituents is 2. The topological polar surface area (TPSA) is 105 Å². The van der Waals surface area contributed by atoms with Gasteiger partial charge in [0.05, 0.1) is 11.4 Å². The average Bonchev–Trinajstić information content (AvgIpc) is 2.33. The molecule has 19 heavy (non-hydrogen) atoms. The third kappa shape index (κ3) is 2.49. The minimum absolute atomic E-state index is 0.0898. The first-order chi connectivity index (χ1) is 8.88. The number of nitrogen functional groups attached to an aromatic ring is 2. The van der Waals surface area contributed by atoms with Gasteiger partial charge >= 0.3 is 0 Å². The summed E-state index contributed by atoms with van der Waals surface area (Å²) in [6.45, 7) is 3.54. The van der Waals surface area contributed by atoms with Crippen LogP contribution in [0, 0.1) is 13.8 Å². The van der Waals surface area contributed by atoms with E-state index in [2.05, 4.69) is 5.32 Å². The SMILES string of the molecule is Cc1cc(Nc2cc(C)c(O)c(N)c2)cc(N)c1O. The first kappa shape index (κ1) is 12.9. The molecule has 0 bridgehead atoms. The molecule has 0 aliphatic rings. The van der Waals surface area contributed by atoms with Crippen LogP contribution in [0.15, 0.2) is 24.3 Å². The average molecular weight is 259 g/mol. The molecule has 5 heteroatoms.